The Kier molecular flexibility index (Phi) is 4.83. The monoisotopic (exact) mass is 358 g/mol. The minimum atomic E-state index is -4.75. The Balaban J connectivity index is 2.27. The van der Waals surface area contributed by atoms with Gasteiger partial charge < -0.3 is 4.57 Å². The summed E-state index contributed by atoms with van der Waals surface area (Å²) >= 11 is 5.59. The lowest BCUT2D eigenvalue weighted by Crippen LogP contribution is -2.13. The van der Waals surface area contributed by atoms with Gasteiger partial charge in [-0.25, -0.2) is 15.0 Å². The first-order chi connectivity index (χ1) is 10.5. The Labute approximate surface area is 131 Å². The van der Waals surface area contributed by atoms with E-state index in [9.17, 15) is 26.3 Å². The van der Waals surface area contributed by atoms with E-state index in [2.05, 4.69) is 15.0 Å². The molecule has 0 aromatic carbocycles. The minimum Gasteiger partial charge on any atom is -0.327 e. The number of hydrogen-bond acceptors (Lipinski definition) is 3. The van der Waals surface area contributed by atoms with Crippen molar-refractivity contribution >= 4 is 11.6 Å². The standard InChI is InChI=1S/C12H9ClF6N4/c13-7-3-20-9(21-4-7)6-23-5-8(12(17,18)19)22-10(23)1-2-11(14,15)16/h3-5H,1-2,6H2. The summed E-state index contributed by atoms with van der Waals surface area (Å²) in [5, 5.41) is 0.229. The molecular formula is C12H9ClF6N4. The van der Waals surface area contributed by atoms with Gasteiger partial charge in [-0.05, 0) is 0 Å². The maximum absolute atomic E-state index is 12.7. The van der Waals surface area contributed by atoms with E-state index in [1.807, 2.05) is 0 Å². The van der Waals surface area contributed by atoms with Crippen molar-refractivity contribution < 1.29 is 26.3 Å². The van der Waals surface area contributed by atoms with E-state index in [0.717, 1.165) is 4.57 Å². The number of nitrogens with zero attached hydrogens (tertiary/aromatic N) is 4. The maximum Gasteiger partial charge on any atom is 0.434 e. The second kappa shape index (κ2) is 6.34. The van der Waals surface area contributed by atoms with Crippen molar-refractivity contribution in [2.45, 2.75) is 31.7 Å². The molecule has 0 fully saturated rings. The molecule has 0 unspecified atom stereocenters. The molecule has 0 atom stereocenters. The van der Waals surface area contributed by atoms with E-state index < -0.39 is 30.9 Å². The zero-order valence-electron chi connectivity index (χ0n) is 11.3. The van der Waals surface area contributed by atoms with Crippen LogP contribution in [0.15, 0.2) is 18.6 Å². The van der Waals surface area contributed by atoms with Crippen molar-refractivity contribution in [3.63, 3.8) is 0 Å². The largest absolute Gasteiger partial charge is 0.434 e. The molecule has 0 bridgehead atoms. The van der Waals surface area contributed by atoms with Crippen LogP contribution in [0, 0.1) is 0 Å². The first kappa shape index (κ1) is 17.5. The quantitative estimate of drug-likeness (QED) is 0.779. The number of halogens is 7. The average molecular weight is 359 g/mol. The molecule has 0 saturated carbocycles. The zero-order chi connectivity index (χ0) is 17.3. The van der Waals surface area contributed by atoms with Crippen LogP contribution < -0.4 is 0 Å². The van der Waals surface area contributed by atoms with E-state index >= 15 is 0 Å². The SMILES string of the molecule is FC(F)(F)CCc1nc(C(F)(F)F)cn1Cc1ncc(Cl)cn1. The fourth-order valence-electron chi connectivity index (χ4n) is 1.75. The lowest BCUT2D eigenvalue weighted by molar-refractivity contribution is -0.141. The Morgan fingerprint density at radius 2 is 1.65 bits per heavy atom. The Morgan fingerprint density at radius 3 is 2.17 bits per heavy atom. The van der Waals surface area contributed by atoms with Crippen LogP contribution in [-0.2, 0) is 19.1 Å². The second-order valence-electron chi connectivity index (χ2n) is 4.60. The van der Waals surface area contributed by atoms with E-state index in [1.54, 1.807) is 0 Å². The summed E-state index contributed by atoms with van der Waals surface area (Å²) in [7, 11) is 0. The fourth-order valence-corrected chi connectivity index (χ4v) is 1.85. The summed E-state index contributed by atoms with van der Waals surface area (Å²) in [4.78, 5) is 10.9. The number of hydrogen-bond donors (Lipinski definition) is 0. The first-order valence-corrected chi connectivity index (χ1v) is 6.59. The van der Waals surface area contributed by atoms with Crippen molar-refractivity contribution in [1.29, 1.82) is 0 Å². The van der Waals surface area contributed by atoms with Crippen molar-refractivity contribution in [1.82, 2.24) is 19.5 Å². The van der Waals surface area contributed by atoms with Gasteiger partial charge in [0, 0.05) is 25.0 Å². The molecule has 0 radical (unpaired) electrons. The summed E-state index contributed by atoms with van der Waals surface area (Å²) in [6, 6.07) is 0. The van der Waals surface area contributed by atoms with Gasteiger partial charge in [0.1, 0.15) is 11.6 Å². The zero-order valence-corrected chi connectivity index (χ0v) is 12.0. The van der Waals surface area contributed by atoms with Gasteiger partial charge in [-0.3, -0.25) is 0 Å². The van der Waals surface area contributed by atoms with Gasteiger partial charge in [0.2, 0.25) is 0 Å². The molecule has 0 spiro atoms. The number of aromatic nitrogens is 4. The van der Waals surface area contributed by atoms with Crippen LogP contribution in [0.3, 0.4) is 0 Å². The third-order valence-corrected chi connectivity index (χ3v) is 2.96. The van der Waals surface area contributed by atoms with Gasteiger partial charge in [-0.15, -0.1) is 0 Å². The Bertz CT molecular complexity index is 662. The van der Waals surface area contributed by atoms with Crippen LogP contribution >= 0.6 is 11.6 Å². The number of rotatable bonds is 4. The highest BCUT2D eigenvalue weighted by molar-refractivity contribution is 6.30. The average Bonchev–Trinajstić information content (AvgIpc) is 2.81. The van der Waals surface area contributed by atoms with E-state index in [0.29, 0.717) is 6.20 Å². The Morgan fingerprint density at radius 1 is 1.04 bits per heavy atom. The summed E-state index contributed by atoms with van der Waals surface area (Å²) in [6.07, 6.45) is -8.08. The fraction of sp³-hybridized carbons (Fsp3) is 0.417. The Hall–Kier alpha value is -1.84. The van der Waals surface area contributed by atoms with Crippen LogP contribution in [0.5, 0.6) is 0 Å². The molecule has 2 aromatic heterocycles. The predicted octanol–water partition coefficient (Wildman–Crippen LogP) is 3.89. The molecule has 0 amide bonds. The van der Waals surface area contributed by atoms with E-state index in [4.69, 9.17) is 11.6 Å². The molecule has 0 aliphatic heterocycles. The van der Waals surface area contributed by atoms with Gasteiger partial charge >= 0.3 is 12.4 Å². The number of imidazole rings is 1. The highest BCUT2D eigenvalue weighted by Gasteiger charge is 2.35. The summed E-state index contributed by atoms with van der Waals surface area (Å²) < 4.78 is 75.9. The van der Waals surface area contributed by atoms with Crippen LogP contribution in [0.2, 0.25) is 5.02 Å². The predicted molar refractivity (Wildman–Crippen MR) is 67.7 cm³/mol. The molecule has 4 nitrogen and oxygen atoms in total. The molecular weight excluding hydrogens is 350 g/mol. The smallest absolute Gasteiger partial charge is 0.327 e. The number of alkyl halides is 6. The third kappa shape index (κ3) is 5.08. The van der Waals surface area contributed by atoms with Crippen LogP contribution in [0.1, 0.15) is 23.8 Å². The van der Waals surface area contributed by atoms with Crippen molar-refractivity contribution in [2.24, 2.45) is 0 Å². The van der Waals surface area contributed by atoms with Crippen LogP contribution in [0.4, 0.5) is 26.3 Å². The van der Waals surface area contributed by atoms with E-state index in [1.165, 1.54) is 12.4 Å². The second-order valence-corrected chi connectivity index (χ2v) is 5.04. The van der Waals surface area contributed by atoms with Crippen molar-refractivity contribution in [2.75, 3.05) is 0 Å². The summed E-state index contributed by atoms with van der Waals surface area (Å²) in [6.45, 7) is -0.243. The first-order valence-electron chi connectivity index (χ1n) is 6.21. The van der Waals surface area contributed by atoms with Gasteiger partial charge in [0.25, 0.3) is 0 Å². The maximum atomic E-state index is 12.7. The lowest BCUT2D eigenvalue weighted by Gasteiger charge is -2.08. The highest BCUT2D eigenvalue weighted by Crippen LogP contribution is 2.29. The van der Waals surface area contributed by atoms with Crippen molar-refractivity contribution in [3.05, 3.63) is 41.0 Å². The molecule has 0 saturated heterocycles. The molecule has 2 rings (SSSR count). The van der Waals surface area contributed by atoms with Crippen LogP contribution in [0.25, 0.3) is 0 Å². The lowest BCUT2D eigenvalue weighted by atomic mass is 10.3. The normalized spacial score (nSPS) is 12.7. The van der Waals surface area contributed by atoms with E-state index in [-0.39, 0.29) is 23.2 Å². The number of aryl methyl sites for hydroxylation is 1. The molecule has 0 aliphatic carbocycles. The summed E-state index contributed by atoms with van der Waals surface area (Å²) in [5.41, 5.74) is -1.26. The third-order valence-electron chi connectivity index (χ3n) is 2.77. The van der Waals surface area contributed by atoms with Gasteiger partial charge in [0.05, 0.1) is 18.0 Å². The molecule has 2 aromatic rings. The topological polar surface area (TPSA) is 43.6 Å². The van der Waals surface area contributed by atoms with Crippen LogP contribution in [-0.4, -0.2) is 25.7 Å². The minimum absolute atomic E-state index is 0.105. The highest BCUT2D eigenvalue weighted by atomic mass is 35.5. The molecule has 126 valence electrons. The van der Waals surface area contributed by atoms with Gasteiger partial charge in [-0.1, -0.05) is 11.6 Å². The van der Waals surface area contributed by atoms with Gasteiger partial charge in [-0.2, -0.15) is 26.3 Å². The van der Waals surface area contributed by atoms with Crippen molar-refractivity contribution in [3.8, 4) is 0 Å². The molecule has 2 heterocycles. The van der Waals surface area contributed by atoms with Gasteiger partial charge in [0.15, 0.2) is 5.69 Å². The molecule has 0 N–H and O–H groups in total. The molecule has 11 heteroatoms. The molecule has 0 aliphatic rings. The summed E-state index contributed by atoms with van der Waals surface area (Å²) in [5.74, 6) is -0.234. The molecule has 23 heavy (non-hydrogen) atoms.